The highest BCUT2D eigenvalue weighted by Gasteiger charge is 2.47. The molecule has 24 heavy (non-hydrogen) atoms. The van der Waals surface area contributed by atoms with Crippen LogP contribution >= 0.6 is 0 Å². The Hall–Kier alpha value is -1.52. The van der Waals surface area contributed by atoms with Crippen LogP contribution < -0.4 is 5.73 Å². The first-order valence-electron chi connectivity index (χ1n) is 8.77. The zero-order valence-corrected chi connectivity index (χ0v) is 15.4. The highest BCUT2D eigenvalue weighted by Crippen LogP contribution is 2.43. The van der Waals surface area contributed by atoms with Crippen LogP contribution in [0.1, 0.15) is 46.7 Å². The number of aliphatic hydroxyl groups is 2. The fourth-order valence-corrected chi connectivity index (χ4v) is 4.04. The van der Waals surface area contributed by atoms with Gasteiger partial charge in [0.25, 0.3) is 0 Å². The van der Waals surface area contributed by atoms with Gasteiger partial charge in [0.15, 0.2) is 0 Å². The number of nitrogen functional groups attached to an aromatic ring is 1. The van der Waals surface area contributed by atoms with Crippen molar-refractivity contribution in [3.8, 4) is 0 Å². The highest BCUT2D eigenvalue weighted by molar-refractivity contribution is 5.84. The van der Waals surface area contributed by atoms with Gasteiger partial charge >= 0.3 is 0 Å². The molecule has 0 spiro atoms. The fourth-order valence-electron chi connectivity index (χ4n) is 4.04. The lowest BCUT2D eigenvalue weighted by molar-refractivity contribution is -0.00846. The Morgan fingerprint density at radius 2 is 1.88 bits per heavy atom. The number of nitrogens with zero attached hydrogens (tertiary/aromatic N) is 1. The molecular weight excluding hydrogens is 300 g/mol. The Bertz CT molecular complexity index is 755. The van der Waals surface area contributed by atoms with Crippen molar-refractivity contribution < 1.29 is 10.2 Å². The van der Waals surface area contributed by atoms with E-state index in [0.29, 0.717) is 13.0 Å². The molecule has 4 N–H and O–H groups in total. The van der Waals surface area contributed by atoms with Crippen molar-refractivity contribution in [1.29, 1.82) is 0 Å². The molecule has 1 saturated carbocycles. The molecule has 1 aromatic carbocycles. The van der Waals surface area contributed by atoms with Gasteiger partial charge in [-0.05, 0) is 30.7 Å². The van der Waals surface area contributed by atoms with E-state index in [1.54, 1.807) is 0 Å². The molecule has 4 nitrogen and oxygen atoms in total. The van der Waals surface area contributed by atoms with Crippen molar-refractivity contribution in [3.63, 3.8) is 0 Å². The van der Waals surface area contributed by atoms with Gasteiger partial charge in [0.2, 0.25) is 0 Å². The number of anilines is 1. The average Bonchev–Trinajstić information content (AvgIpc) is 2.91. The lowest BCUT2D eigenvalue weighted by Crippen LogP contribution is -2.35. The first-order valence-corrected chi connectivity index (χ1v) is 8.77. The molecule has 3 atom stereocenters. The average molecular weight is 330 g/mol. The molecule has 0 amide bonds. The maximum absolute atomic E-state index is 10.7. The molecule has 132 valence electrons. The van der Waals surface area contributed by atoms with E-state index in [0.717, 1.165) is 16.6 Å². The summed E-state index contributed by atoms with van der Waals surface area (Å²) in [7, 11) is 0. The van der Waals surface area contributed by atoms with E-state index in [1.807, 2.05) is 26.0 Å². The topological polar surface area (TPSA) is 71.4 Å². The molecule has 3 rings (SSSR count). The van der Waals surface area contributed by atoms with E-state index in [2.05, 4.69) is 37.5 Å². The molecule has 0 radical (unpaired) electrons. The van der Waals surface area contributed by atoms with Crippen LogP contribution in [0.4, 0.5) is 5.69 Å². The standard InChI is InChI=1S/C20H30N2O2/c1-19(2,3)16-9-12-8-14(21)6-7-15(12)22(16)11-13-10-17(23)20(4,5)18(13)24/h6-9,13,17-18,23-24H,10-11,21H2,1-5H3/t13-,17-,18-/m1/s1. The van der Waals surface area contributed by atoms with Crippen molar-refractivity contribution >= 4 is 16.6 Å². The summed E-state index contributed by atoms with van der Waals surface area (Å²) in [5.74, 6) is 0.0456. The van der Waals surface area contributed by atoms with Gasteiger partial charge in [-0.1, -0.05) is 34.6 Å². The van der Waals surface area contributed by atoms with E-state index in [4.69, 9.17) is 5.73 Å². The van der Waals surface area contributed by atoms with Crippen LogP contribution in [0.15, 0.2) is 24.3 Å². The van der Waals surface area contributed by atoms with Gasteiger partial charge in [0.05, 0.1) is 12.2 Å². The Balaban J connectivity index is 2.06. The largest absolute Gasteiger partial charge is 0.399 e. The zero-order valence-electron chi connectivity index (χ0n) is 15.4. The van der Waals surface area contributed by atoms with Crippen LogP contribution in [-0.4, -0.2) is 27.0 Å². The molecule has 1 aliphatic carbocycles. The maximum atomic E-state index is 10.7. The molecule has 0 unspecified atom stereocenters. The van der Waals surface area contributed by atoms with E-state index in [1.165, 1.54) is 5.69 Å². The lowest BCUT2D eigenvalue weighted by atomic mass is 9.85. The Morgan fingerprint density at radius 3 is 2.42 bits per heavy atom. The molecule has 1 aromatic heterocycles. The minimum atomic E-state index is -0.508. The summed E-state index contributed by atoms with van der Waals surface area (Å²) in [4.78, 5) is 0. The second-order valence-corrected chi connectivity index (χ2v) is 8.99. The second-order valence-electron chi connectivity index (χ2n) is 8.99. The highest BCUT2D eigenvalue weighted by atomic mass is 16.3. The molecule has 2 aromatic rings. The molecule has 1 heterocycles. The summed E-state index contributed by atoms with van der Waals surface area (Å²) in [6.07, 6.45) is -0.341. The van der Waals surface area contributed by atoms with E-state index < -0.39 is 17.6 Å². The minimum absolute atomic E-state index is 0.00846. The van der Waals surface area contributed by atoms with Gasteiger partial charge in [-0.15, -0.1) is 0 Å². The number of aromatic nitrogens is 1. The Kier molecular flexibility index (Phi) is 3.97. The van der Waals surface area contributed by atoms with Crippen LogP contribution in [0.25, 0.3) is 10.9 Å². The summed E-state index contributed by atoms with van der Waals surface area (Å²) >= 11 is 0. The SMILES string of the molecule is CC(C)(C)c1cc2cc(N)ccc2n1C[C@H]1C[C@@H](O)C(C)(C)[C@@H]1O. The van der Waals surface area contributed by atoms with Crippen LogP contribution in [0.5, 0.6) is 0 Å². The molecule has 0 aliphatic heterocycles. The van der Waals surface area contributed by atoms with Crippen molar-refractivity contribution in [2.24, 2.45) is 11.3 Å². The van der Waals surface area contributed by atoms with Crippen LogP contribution in [-0.2, 0) is 12.0 Å². The third-order valence-electron chi connectivity index (χ3n) is 5.70. The van der Waals surface area contributed by atoms with Gasteiger partial charge < -0.3 is 20.5 Å². The summed E-state index contributed by atoms with van der Waals surface area (Å²) in [5.41, 5.74) is 8.61. The number of rotatable bonds is 2. The maximum Gasteiger partial charge on any atom is 0.0661 e. The number of benzene rings is 1. The van der Waals surface area contributed by atoms with Gasteiger partial charge in [-0.3, -0.25) is 0 Å². The van der Waals surface area contributed by atoms with E-state index in [-0.39, 0.29) is 11.3 Å². The van der Waals surface area contributed by atoms with Gasteiger partial charge in [0, 0.05) is 45.6 Å². The monoisotopic (exact) mass is 330 g/mol. The fraction of sp³-hybridized carbons (Fsp3) is 0.600. The van der Waals surface area contributed by atoms with Gasteiger partial charge in [0.1, 0.15) is 0 Å². The molecule has 0 bridgehead atoms. The number of hydrogen-bond donors (Lipinski definition) is 3. The van der Waals surface area contributed by atoms with Gasteiger partial charge in [-0.25, -0.2) is 0 Å². The van der Waals surface area contributed by atoms with Crippen LogP contribution in [0.2, 0.25) is 0 Å². The molecule has 0 saturated heterocycles. The predicted octanol–water partition coefficient (Wildman–Crippen LogP) is 3.29. The zero-order chi connectivity index (χ0) is 17.9. The number of hydrogen-bond acceptors (Lipinski definition) is 3. The van der Waals surface area contributed by atoms with Crippen molar-refractivity contribution in [2.45, 2.75) is 65.2 Å². The second kappa shape index (κ2) is 5.50. The summed E-state index contributed by atoms with van der Waals surface area (Å²) in [5, 5.41) is 22.2. The third-order valence-corrected chi connectivity index (χ3v) is 5.70. The molecule has 4 heteroatoms. The Labute approximate surface area is 144 Å². The Morgan fingerprint density at radius 1 is 1.21 bits per heavy atom. The van der Waals surface area contributed by atoms with E-state index >= 15 is 0 Å². The van der Waals surface area contributed by atoms with Crippen molar-refractivity contribution in [2.75, 3.05) is 5.73 Å². The molecule has 1 fully saturated rings. The number of nitrogens with two attached hydrogens (primary N) is 1. The number of fused-ring (bicyclic) bond motifs is 1. The van der Waals surface area contributed by atoms with Crippen molar-refractivity contribution in [1.82, 2.24) is 4.57 Å². The summed E-state index contributed by atoms with van der Waals surface area (Å²) in [6, 6.07) is 8.19. The first kappa shape index (κ1) is 17.3. The summed E-state index contributed by atoms with van der Waals surface area (Å²) < 4.78 is 2.30. The van der Waals surface area contributed by atoms with Crippen LogP contribution in [0, 0.1) is 11.3 Å². The molecule has 1 aliphatic rings. The van der Waals surface area contributed by atoms with Crippen molar-refractivity contribution in [3.05, 3.63) is 30.0 Å². The first-order chi connectivity index (χ1) is 11.0. The summed E-state index contributed by atoms with van der Waals surface area (Å²) in [6.45, 7) is 11.2. The predicted molar refractivity (Wildman–Crippen MR) is 99.0 cm³/mol. The number of aliphatic hydroxyl groups excluding tert-OH is 2. The quantitative estimate of drug-likeness (QED) is 0.740. The van der Waals surface area contributed by atoms with E-state index in [9.17, 15) is 10.2 Å². The smallest absolute Gasteiger partial charge is 0.0661 e. The lowest BCUT2D eigenvalue weighted by Gasteiger charge is -2.29. The van der Waals surface area contributed by atoms with Gasteiger partial charge in [-0.2, -0.15) is 0 Å². The normalized spacial score (nSPS) is 27.0. The third kappa shape index (κ3) is 2.72. The van der Waals surface area contributed by atoms with Crippen LogP contribution in [0.3, 0.4) is 0 Å². The minimum Gasteiger partial charge on any atom is -0.399 e. The molecular formula is C20H30N2O2.